The maximum atomic E-state index is 12.5. The molecule has 0 spiro atoms. The fourth-order valence-corrected chi connectivity index (χ4v) is 2.67. The third-order valence-electron chi connectivity index (χ3n) is 4.48. The summed E-state index contributed by atoms with van der Waals surface area (Å²) in [6, 6.07) is 7.92. The van der Waals surface area contributed by atoms with Crippen molar-refractivity contribution < 1.29 is 14.3 Å². The van der Waals surface area contributed by atoms with Gasteiger partial charge in [0.05, 0.1) is 25.7 Å². The van der Waals surface area contributed by atoms with Crippen LogP contribution in [0, 0.1) is 25.2 Å². The molecule has 1 saturated heterocycles. The van der Waals surface area contributed by atoms with Crippen LogP contribution in [0.1, 0.15) is 17.5 Å². The number of hydrogen-bond acceptors (Lipinski definition) is 5. The topological polar surface area (TPSA) is 65.8 Å². The van der Waals surface area contributed by atoms with Crippen LogP contribution >= 0.6 is 0 Å². The Morgan fingerprint density at radius 2 is 2.04 bits per heavy atom. The van der Waals surface area contributed by atoms with E-state index in [4.69, 9.17) is 14.7 Å². The number of aryl methyl sites for hydroxylation is 2. The van der Waals surface area contributed by atoms with Gasteiger partial charge in [0, 0.05) is 32.7 Å². The predicted octanol–water partition coefficient (Wildman–Crippen LogP) is 1.76. The van der Waals surface area contributed by atoms with E-state index in [0.717, 1.165) is 38.4 Å². The zero-order valence-corrected chi connectivity index (χ0v) is 15.2. The van der Waals surface area contributed by atoms with E-state index in [2.05, 4.69) is 11.0 Å². The van der Waals surface area contributed by atoms with E-state index in [1.807, 2.05) is 32.0 Å². The minimum atomic E-state index is -0.0817. The molecule has 0 unspecified atom stereocenters. The van der Waals surface area contributed by atoms with E-state index in [0.29, 0.717) is 25.3 Å². The minimum absolute atomic E-state index is 0.00294. The third-order valence-corrected chi connectivity index (χ3v) is 4.48. The molecule has 0 radical (unpaired) electrons. The Bertz CT molecular complexity index is 606. The van der Waals surface area contributed by atoms with Crippen LogP contribution in [-0.2, 0) is 9.53 Å². The van der Waals surface area contributed by atoms with Crippen LogP contribution < -0.4 is 4.74 Å². The molecule has 1 aromatic rings. The second-order valence-electron chi connectivity index (χ2n) is 6.28. The number of hydrogen-bond donors (Lipinski definition) is 0. The number of ether oxygens (including phenoxy) is 2. The lowest BCUT2D eigenvalue weighted by Gasteiger charge is -2.29. The van der Waals surface area contributed by atoms with Gasteiger partial charge in [0.1, 0.15) is 5.75 Å². The molecule has 0 saturated carbocycles. The summed E-state index contributed by atoms with van der Waals surface area (Å²) < 4.78 is 11.0. The molecule has 25 heavy (non-hydrogen) atoms. The van der Waals surface area contributed by atoms with Crippen molar-refractivity contribution in [3.05, 3.63) is 29.3 Å². The van der Waals surface area contributed by atoms with Gasteiger partial charge in [0.2, 0.25) is 0 Å². The Morgan fingerprint density at radius 3 is 2.72 bits per heavy atom. The number of morpholine rings is 1. The molecule has 6 heteroatoms. The van der Waals surface area contributed by atoms with Crippen molar-refractivity contribution in [3.63, 3.8) is 0 Å². The largest absolute Gasteiger partial charge is 0.484 e. The highest BCUT2D eigenvalue weighted by Crippen LogP contribution is 2.16. The Kier molecular flexibility index (Phi) is 7.71. The molecule has 0 aromatic heterocycles. The SMILES string of the molecule is Cc1ccc(OCC(=O)N(CCC#N)CCN2CCOCC2)cc1C. The zero-order chi connectivity index (χ0) is 18.1. The van der Waals surface area contributed by atoms with Crippen molar-refractivity contribution in [2.24, 2.45) is 0 Å². The smallest absolute Gasteiger partial charge is 0.260 e. The second-order valence-corrected chi connectivity index (χ2v) is 6.28. The lowest BCUT2D eigenvalue weighted by Crippen LogP contribution is -2.44. The summed E-state index contributed by atoms with van der Waals surface area (Å²) in [5.41, 5.74) is 2.33. The van der Waals surface area contributed by atoms with Crippen LogP contribution in [0.2, 0.25) is 0 Å². The number of benzene rings is 1. The molecule has 0 aliphatic carbocycles. The number of nitrogens with zero attached hydrogens (tertiary/aromatic N) is 3. The van der Waals surface area contributed by atoms with Gasteiger partial charge in [-0.05, 0) is 37.1 Å². The molecule has 0 atom stereocenters. The van der Waals surface area contributed by atoms with Gasteiger partial charge >= 0.3 is 0 Å². The van der Waals surface area contributed by atoms with Crippen molar-refractivity contribution in [2.45, 2.75) is 20.3 Å². The van der Waals surface area contributed by atoms with Gasteiger partial charge in [0.25, 0.3) is 5.91 Å². The molecule has 2 rings (SSSR count). The molecule has 1 heterocycles. The number of carbonyl (C=O) groups is 1. The maximum absolute atomic E-state index is 12.5. The molecule has 6 nitrogen and oxygen atoms in total. The summed E-state index contributed by atoms with van der Waals surface area (Å²) in [5, 5.41) is 8.83. The molecular formula is C19H27N3O3. The molecule has 0 bridgehead atoms. The first kappa shape index (κ1) is 19.2. The summed E-state index contributed by atoms with van der Waals surface area (Å²) in [4.78, 5) is 16.5. The Morgan fingerprint density at radius 1 is 1.28 bits per heavy atom. The molecule has 1 fully saturated rings. The van der Waals surface area contributed by atoms with Crippen LogP contribution in [0.5, 0.6) is 5.75 Å². The maximum Gasteiger partial charge on any atom is 0.260 e. The summed E-state index contributed by atoms with van der Waals surface area (Å²) in [6.07, 6.45) is 0.332. The van der Waals surface area contributed by atoms with E-state index in [-0.39, 0.29) is 12.5 Å². The predicted molar refractivity (Wildman–Crippen MR) is 95.5 cm³/mol. The van der Waals surface area contributed by atoms with Gasteiger partial charge in [0.15, 0.2) is 6.61 Å². The Hall–Kier alpha value is -2.10. The van der Waals surface area contributed by atoms with Crippen LogP contribution in [0.3, 0.4) is 0 Å². The van der Waals surface area contributed by atoms with Gasteiger partial charge in [-0.3, -0.25) is 9.69 Å². The minimum Gasteiger partial charge on any atom is -0.484 e. The van der Waals surface area contributed by atoms with Gasteiger partial charge < -0.3 is 14.4 Å². The number of rotatable bonds is 8. The van der Waals surface area contributed by atoms with Crippen LogP contribution in [0.15, 0.2) is 18.2 Å². The second kappa shape index (κ2) is 10.0. The number of nitriles is 1. The standard InChI is InChI=1S/C19H27N3O3/c1-16-4-5-18(14-17(16)2)25-15-19(23)22(7-3-6-20)9-8-21-10-12-24-13-11-21/h4-5,14H,3,7-13,15H2,1-2H3. The highest BCUT2D eigenvalue weighted by atomic mass is 16.5. The normalized spacial score (nSPS) is 14.8. The van der Waals surface area contributed by atoms with Gasteiger partial charge in [-0.15, -0.1) is 0 Å². The fraction of sp³-hybridized carbons (Fsp3) is 0.579. The summed E-state index contributed by atoms with van der Waals surface area (Å²) >= 11 is 0. The monoisotopic (exact) mass is 345 g/mol. The van der Waals surface area contributed by atoms with Crippen molar-refractivity contribution in [3.8, 4) is 11.8 Å². The van der Waals surface area contributed by atoms with Crippen molar-refractivity contribution in [2.75, 3.05) is 52.5 Å². The lowest BCUT2D eigenvalue weighted by atomic mass is 10.1. The van der Waals surface area contributed by atoms with E-state index in [9.17, 15) is 4.79 Å². The van der Waals surface area contributed by atoms with Crippen molar-refractivity contribution >= 4 is 5.91 Å². The Labute approximate surface area is 149 Å². The summed E-state index contributed by atoms with van der Waals surface area (Å²) in [6.45, 7) is 9.15. The van der Waals surface area contributed by atoms with E-state index in [1.54, 1.807) is 4.90 Å². The summed E-state index contributed by atoms with van der Waals surface area (Å²) in [5.74, 6) is 0.617. The van der Waals surface area contributed by atoms with Crippen LogP contribution in [-0.4, -0.2) is 68.3 Å². The summed E-state index contributed by atoms with van der Waals surface area (Å²) in [7, 11) is 0. The van der Waals surface area contributed by atoms with E-state index < -0.39 is 0 Å². The molecule has 1 aromatic carbocycles. The van der Waals surface area contributed by atoms with E-state index >= 15 is 0 Å². The van der Waals surface area contributed by atoms with Gasteiger partial charge in [-0.1, -0.05) is 6.07 Å². The van der Waals surface area contributed by atoms with Crippen LogP contribution in [0.25, 0.3) is 0 Å². The third kappa shape index (κ3) is 6.37. The van der Waals surface area contributed by atoms with E-state index in [1.165, 1.54) is 5.56 Å². The first-order valence-corrected chi connectivity index (χ1v) is 8.75. The highest BCUT2D eigenvalue weighted by molar-refractivity contribution is 5.77. The molecule has 1 aliphatic heterocycles. The van der Waals surface area contributed by atoms with Crippen LogP contribution in [0.4, 0.5) is 0 Å². The molecule has 0 N–H and O–H groups in total. The van der Waals surface area contributed by atoms with Gasteiger partial charge in [-0.25, -0.2) is 0 Å². The lowest BCUT2D eigenvalue weighted by molar-refractivity contribution is -0.133. The molecule has 1 amide bonds. The molecule has 136 valence electrons. The average molecular weight is 345 g/mol. The van der Waals surface area contributed by atoms with Crippen molar-refractivity contribution in [1.82, 2.24) is 9.80 Å². The Balaban J connectivity index is 1.85. The number of amides is 1. The van der Waals surface area contributed by atoms with Crippen molar-refractivity contribution in [1.29, 1.82) is 5.26 Å². The average Bonchev–Trinajstić information content (AvgIpc) is 2.63. The van der Waals surface area contributed by atoms with Gasteiger partial charge in [-0.2, -0.15) is 5.26 Å². The first-order chi connectivity index (χ1) is 12.1. The molecular weight excluding hydrogens is 318 g/mol. The first-order valence-electron chi connectivity index (χ1n) is 8.75. The zero-order valence-electron chi connectivity index (χ0n) is 15.2. The fourth-order valence-electron chi connectivity index (χ4n) is 2.67. The quantitative estimate of drug-likeness (QED) is 0.718. The number of carbonyl (C=O) groups excluding carboxylic acids is 1. The highest BCUT2D eigenvalue weighted by Gasteiger charge is 2.17. The molecule has 1 aliphatic rings.